The highest BCUT2D eigenvalue weighted by Gasteiger charge is 2.21. The molecule has 264 valence electrons. The number of fused-ring (bicyclic) bond motifs is 1. The van der Waals surface area contributed by atoms with E-state index in [0.29, 0.717) is 40.8 Å². The fourth-order valence-electron chi connectivity index (χ4n) is 4.45. The minimum absolute atomic E-state index is 0.0337. The van der Waals surface area contributed by atoms with Crippen molar-refractivity contribution in [2.45, 2.75) is 71.9 Å². The molecule has 0 saturated heterocycles. The summed E-state index contributed by atoms with van der Waals surface area (Å²) in [7, 11) is 0. The van der Waals surface area contributed by atoms with Gasteiger partial charge >= 0.3 is 6.09 Å². The van der Waals surface area contributed by atoms with E-state index in [1.807, 2.05) is 56.0 Å². The van der Waals surface area contributed by atoms with E-state index in [1.54, 1.807) is 24.3 Å². The number of amides is 4. The molecule has 1 aliphatic rings. The molecular weight excluding hydrogens is 667 g/mol. The first kappa shape index (κ1) is 40.8. The lowest BCUT2D eigenvalue weighted by Crippen LogP contribution is -2.36. The Bertz CT molecular complexity index is 1530. The van der Waals surface area contributed by atoms with E-state index in [9.17, 15) is 24.0 Å². The number of unbranched alkanes of at least 4 members (excludes halogenated alkanes) is 1. The fraction of sp³-hybridized carbons (Fsp3) is 0.378. The predicted octanol–water partition coefficient (Wildman–Crippen LogP) is 7.22. The molecule has 49 heavy (non-hydrogen) atoms. The molecule has 0 aromatic heterocycles. The van der Waals surface area contributed by atoms with Crippen molar-refractivity contribution in [3.63, 3.8) is 0 Å². The van der Waals surface area contributed by atoms with E-state index in [0.717, 1.165) is 25.8 Å². The van der Waals surface area contributed by atoms with Gasteiger partial charge < -0.3 is 25.6 Å². The summed E-state index contributed by atoms with van der Waals surface area (Å²) in [6.45, 7) is 9.67. The molecule has 0 saturated carbocycles. The number of ether oxygens (including phenoxy) is 1. The standard InChI is InChI=1S/C19H19NO2.C9H8Cl2N2O2.C9H19NO2/c21-18(16-7-2-1-3-8-16)10-11-19(22)20-13-12-15-6-4-5-9-17(15)14-20;10-7-2-1-6(3-8(7)11)13-9(15)4-12-5-14;1-5-6-7-10-8(11)12-9(2,3)4/h1-9H,10-14H2;1-3,5H,4H2,(H,12,14)(H,13,15);5-7H2,1-4H3,(H,10,11). The maximum absolute atomic E-state index is 12.3. The van der Waals surface area contributed by atoms with E-state index in [-0.39, 0.29) is 43.1 Å². The highest BCUT2D eigenvalue weighted by Crippen LogP contribution is 2.25. The summed E-state index contributed by atoms with van der Waals surface area (Å²) in [5.41, 5.74) is 3.36. The van der Waals surface area contributed by atoms with Crippen molar-refractivity contribution in [2.24, 2.45) is 0 Å². The molecule has 4 rings (SSSR count). The lowest BCUT2D eigenvalue weighted by atomic mass is 9.99. The van der Waals surface area contributed by atoms with E-state index in [2.05, 4.69) is 35.0 Å². The van der Waals surface area contributed by atoms with Gasteiger partial charge in [0.25, 0.3) is 0 Å². The van der Waals surface area contributed by atoms with Crippen molar-refractivity contribution in [1.29, 1.82) is 0 Å². The third-order valence-electron chi connectivity index (χ3n) is 6.89. The van der Waals surface area contributed by atoms with Crippen LogP contribution in [0.15, 0.2) is 72.8 Å². The second-order valence-corrected chi connectivity index (χ2v) is 12.9. The fourth-order valence-corrected chi connectivity index (χ4v) is 4.75. The maximum Gasteiger partial charge on any atom is 0.407 e. The zero-order chi connectivity index (χ0) is 36.2. The van der Waals surface area contributed by atoms with Gasteiger partial charge in [-0.3, -0.25) is 19.2 Å². The van der Waals surface area contributed by atoms with Crippen molar-refractivity contribution in [3.8, 4) is 0 Å². The summed E-state index contributed by atoms with van der Waals surface area (Å²) >= 11 is 11.4. The number of nitrogens with zero attached hydrogens (tertiary/aromatic N) is 1. The molecule has 0 spiro atoms. The van der Waals surface area contributed by atoms with Crippen LogP contribution in [-0.4, -0.2) is 60.2 Å². The SMILES string of the molecule is CCCCNC(=O)OC(C)(C)C.O=C(CCC(=O)N1CCc2ccccc2C1)c1ccccc1.O=CNCC(=O)Nc1ccc(Cl)c(Cl)c1. The van der Waals surface area contributed by atoms with Crippen LogP contribution in [0.25, 0.3) is 0 Å². The van der Waals surface area contributed by atoms with Crippen LogP contribution in [0.3, 0.4) is 0 Å². The van der Waals surface area contributed by atoms with Crippen LogP contribution >= 0.6 is 23.2 Å². The van der Waals surface area contributed by atoms with Crippen LogP contribution in [-0.2, 0) is 32.1 Å². The molecule has 0 unspecified atom stereocenters. The quantitative estimate of drug-likeness (QED) is 0.109. The summed E-state index contributed by atoms with van der Waals surface area (Å²) in [4.78, 5) is 58.3. The van der Waals surface area contributed by atoms with Crippen molar-refractivity contribution in [1.82, 2.24) is 15.5 Å². The molecule has 0 bridgehead atoms. The average molecular weight is 714 g/mol. The van der Waals surface area contributed by atoms with E-state index >= 15 is 0 Å². The molecule has 0 radical (unpaired) electrons. The van der Waals surface area contributed by atoms with Gasteiger partial charge in [-0.25, -0.2) is 4.79 Å². The van der Waals surface area contributed by atoms with Gasteiger partial charge in [0, 0.05) is 43.7 Å². The van der Waals surface area contributed by atoms with E-state index < -0.39 is 5.60 Å². The van der Waals surface area contributed by atoms with E-state index in [4.69, 9.17) is 27.9 Å². The lowest BCUT2D eigenvalue weighted by Gasteiger charge is -2.28. The zero-order valence-electron chi connectivity index (χ0n) is 28.5. The van der Waals surface area contributed by atoms with Gasteiger partial charge in [0.15, 0.2) is 5.78 Å². The first-order valence-corrected chi connectivity index (χ1v) is 16.9. The first-order chi connectivity index (χ1) is 23.3. The number of benzene rings is 3. The molecule has 1 heterocycles. The summed E-state index contributed by atoms with van der Waals surface area (Å²) in [5, 5.41) is 8.24. The van der Waals surface area contributed by atoms with Crippen LogP contribution in [0.4, 0.5) is 10.5 Å². The molecule has 1 aliphatic heterocycles. The maximum atomic E-state index is 12.3. The number of carbonyl (C=O) groups is 5. The number of Topliss-reactive ketones (excluding diaryl/α,β-unsaturated/α-hetero) is 1. The Kier molecular flexibility index (Phi) is 17.9. The number of anilines is 1. The summed E-state index contributed by atoms with van der Waals surface area (Å²) in [6, 6.07) is 22.1. The Labute approximate surface area is 298 Å². The molecular formula is C37H46Cl2N4O6. The molecule has 3 N–H and O–H groups in total. The van der Waals surface area contributed by atoms with Crippen LogP contribution in [0.1, 0.15) is 74.9 Å². The number of hydrogen-bond acceptors (Lipinski definition) is 6. The number of ketones is 1. The molecule has 0 atom stereocenters. The Morgan fingerprint density at radius 3 is 2.20 bits per heavy atom. The first-order valence-electron chi connectivity index (χ1n) is 16.1. The van der Waals surface area contributed by atoms with Gasteiger partial charge in [0.2, 0.25) is 18.2 Å². The van der Waals surface area contributed by atoms with Gasteiger partial charge in [-0.05, 0) is 62.9 Å². The van der Waals surface area contributed by atoms with Crippen LogP contribution in [0, 0.1) is 0 Å². The average Bonchev–Trinajstić information content (AvgIpc) is 3.08. The van der Waals surface area contributed by atoms with Crippen LogP contribution < -0.4 is 16.0 Å². The number of halogens is 2. The van der Waals surface area contributed by atoms with Gasteiger partial charge in [0.05, 0.1) is 16.6 Å². The molecule has 0 aliphatic carbocycles. The number of hydrogen-bond donors (Lipinski definition) is 3. The summed E-state index contributed by atoms with van der Waals surface area (Å²) in [5.74, 6) is -0.231. The second kappa shape index (κ2) is 21.5. The predicted molar refractivity (Wildman–Crippen MR) is 194 cm³/mol. The van der Waals surface area contributed by atoms with Gasteiger partial charge in [0.1, 0.15) is 5.60 Å². The highest BCUT2D eigenvalue weighted by molar-refractivity contribution is 6.42. The van der Waals surface area contributed by atoms with Crippen molar-refractivity contribution < 1.29 is 28.7 Å². The third kappa shape index (κ3) is 16.5. The number of rotatable bonds is 11. The Hall–Kier alpha value is -4.41. The normalized spacial score (nSPS) is 11.7. The van der Waals surface area contributed by atoms with Gasteiger partial charge in [-0.2, -0.15) is 0 Å². The Balaban J connectivity index is 0.000000271. The third-order valence-corrected chi connectivity index (χ3v) is 7.63. The lowest BCUT2D eigenvalue weighted by molar-refractivity contribution is -0.132. The highest BCUT2D eigenvalue weighted by atomic mass is 35.5. The molecule has 0 fully saturated rings. The smallest absolute Gasteiger partial charge is 0.407 e. The summed E-state index contributed by atoms with van der Waals surface area (Å²) in [6.07, 6.45) is 3.67. The Morgan fingerprint density at radius 1 is 0.898 bits per heavy atom. The molecule has 3 aromatic carbocycles. The monoisotopic (exact) mass is 712 g/mol. The van der Waals surface area contributed by atoms with Crippen molar-refractivity contribution >= 4 is 59.0 Å². The molecule has 3 aromatic rings. The zero-order valence-corrected chi connectivity index (χ0v) is 30.0. The van der Waals surface area contributed by atoms with Crippen LogP contribution in [0.5, 0.6) is 0 Å². The van der Waals surface area contributed by atoms with Gasteiger partial charge in [-0.1, -0.05) is 91.1 Å². The minimum atomic E-state index is -0.393. The molecule has 10 nitrogen and oxygen atoms in total. The Morgan fingerprint density at radius 2 is 1.57 bits per heavy atom. The molecule has 4 amide bonds. The molecule has 12 heteroatoms. The largest absolute Gasteiger partial charge is 0.444 e. The second-order valence-electron chi connectivity index (χ2n) is 12.1. The van der Waals surface area contributed by atoms with Crippen LogP contribution in [0.2, 0.25) is 10.0 Å². The van der Waals surface area contributed by atoms with Crippen molar-refractivity contribution in [3.05, 3.63) is 99.5 Å². The van der Waals surface area contributed by atoms with Gasteiger partial charge in [-0.15, -0.1) is 0 Å². The summed E-state index contributed by atoms with van der Waals surface area (Å²) < 4.78 is 5.03. The number of nitrogens with one attached hydrogen (secondary N) is 3. The topological polar surface area (TPSA) is 134 Å². The van der Waals surface area contributed by atoms with Crippen molar-refractivity contribution in [2.75, 3.05) is 25.0 Å². The number of alkyl carbamates (subject to hydrolysis) is 1. The van der Waals surface area contributed by atoms with E-state index in [1.165, 1.54) is 17.2 Å². The number of carbonyl (C=O) groups excluding carboxylic acids is 5. The minimum Gasteiger partial charge on any atom is -0.444 e.